The summed E-state index contributed by atoms with van der Waals surface area (Å²) in [5, 5.41) is 3.50. The molecular formula is C16H20ClNS. The molecule has 0 fully saturated rings. The molecule has 1 aromatic carbocycles. The fourth-order valence-corrected chi connectivity index (χ4v) is 3.01. The van der Waals surface area contributed by atoms with Gasteiger partial charge in [-0.15, -0.1) is 11.3 Å². The van der Waals surface area contributed by atoms with Gasteiger partial charge < -0.3 is 5.32 Å². The highest BCUT2D eigenvalue weighted by Crippen LogP contribution is 2.30. The molecule has 3 heteroatoms. The SMILES string of the molecule is CC(Nc1ccc(C(C)(C)C)cc1)c1ccc(Cl)s1. The van der Waals surface area contributed by atoms with Gasteiger partial charge in [0.25, 0.3) is 0 Å². The van der Waals surface area contributed by atoms with Gasteiger partial charge in [0, 0.05) is 10.6 Å². The largest absolute Gasteiger partial charge is 0.378 e. The van der Waals surface area contributed by atoms with Crippen LogP contribution in [0, 0.1) is 0 Å². The second kappa shape index (κ2) is 5.56. The van der Waals surface area contributed by atoms with Gasteiger partial charge in [-0.1, -0.05) is 44.5 Å². The highest BCUT2D eigenvalue weighted by atomic mass is 35.5. The number of hydrogen-bond donors (Lipinski definition) is 1. The summed E-state index contributed by atoms with van der Waals surface area (Å²) in [5.41, 5.74) is 2.70. The number of halogens is 1. The molecule has 0 aliphatic carbocycles. The van der Waals surface area contributed by atoms with Crippen LogP contribution in [0.1, 0.15) is 44.2 Å². The molecular weight excluding hydrogens is 274 g/mol. The first-order valence-corrected chi connectivity index (χ1v) is 7.68. The lowest BCUT2D eigenvalue weighted by Crippen LogP contribution is -2.11. The predicted molar refractivity (Wildman–Crippen MR) is 86.5 cm³/mol. The molecule has 1 nitrogen and oxygen atoms in total. The van der Waals surface area contributed by atoms with Gasteiger partial charge in [0.2, 0.25) is 0 Å². The Labute approximate surface area is 124 Å². The normalized spacial score (nSPS) is 13.3. The van der Waals surface area contributed by atoms with Crippen LogP contribution in [0.15, 0.2) is 36.4 Å². The molecule has 1 aromatic heterocycles. The Bertz CT molecular complexity index is 537. The molecule has 1 N–H and O–H groups in total. The standard InChI is InChI=1S/C16H20ClNS/c1-11(14-9-10-15(17)19-14)18-13-7-5-12(6-8-13)16(2,3)4/h5-11,18H,1-4H3. The lowest BCUT2D eigenvalue weighted by molar-refractivity contribution is 0.590. The van der Waals surface area contributed by atoms with E-state index >= 15 is 0 Å². The second-order valence-corrected chi connectivity index (χ2v) is 7.58. The van der Waals surface area contributed by atoms with E-state index in [-0.39, 0.29) is 11.5 Å². The van der Waals surface area contributed by atoms with Crippen molar-refractivity contribution in [1.29, 1.82) is 0 Å². The molecule has 2 aromatic rings. The monoisotopic (exact) mass is 293 g/mol. The molecule has 1 unspecified atom stereocenters. The van der Waals surface area contributed by atoms with Crippen molar-refractivity contribution < 1.29 is 0 Å². The molecule has 2 rings (SSSR count). The topological polar surface area (TPSA) is 12.0 Å². The van der Waals surface area contributed by atoms with Gasteiger partial charge >= 0.3 is 0 Å². The minimum atomic E-state index is 0.200. The molecule has 0 spiro atoms. The van der Waals surface area contributed by atoms with Crippen molar-refractivity contribution >= 4 is 28.6 Å². The Hall–Kier alpha value is -0.990. The zero-order valence-electron chi connectivity index (χ0n) is 11.8. The third-order valence-corrected chi connectivity index (χ3v) is 4.57. The van der Waals surface area contributed by atoms with Crippen molar-refractivity contribution in [1.82, 2.24) is 0 Å². The highest BCUT2D eigenvalue weighted by molar-refractivity contribution is 7.16. The average Bonchev–Trinajstić information content (AvgIpc) is 2.75. The second-order valence-electron chi connectivity index (χ2n) is 5.84. The Morgan fingerprint density at radius 1 is 1.05 bits per heavy atom. The quantitative estimate of drug-likeness (QED) is 0.746. The summed E-state index contributed by atoms with van der Waals surface area (Å²) >= 11 is 7.59. The first kappa shape index (κ1) is 14.4. The molecule has 1 atom stereocenters. The Morgan fingerprint density at radius 2 is 1.68 bits per heavy atom. The molecule has 19 heavy (non-hydrogen) atoms. The summed E-state index contributed by atoms with van der Waals surface area (Å²) in [6.07, 6.45) is 0. The van der Waals surface area contributed by atoms with Crippen LogP contribution in [-0.4, -0.2) is 0 Å². The number of anilines is 1. The molecule has 0 amide bonds. The number of thiophene rings is 1. The summed E-state index contributed by atoms with van der Waals surface area (Å²) in [7, 11) is 0. The Morgan fingerprint density at radius 3 is 2.16 bits per heavy atom. The third-order valence-electron chi connectivity index (χ3n) is 3.15. The molecule has 0 radical (unpaired) electrons. The van der Waals surface area contributed by atoms with Crippen LogP contribution in [0.2, 0.25) is 4.34 Å². The van der Waals surface area contributed by atoms with Crippen molar-refractivity contribution in [3.8, 4) is 0 Å². The van der Waals surface area contributed by atoms with E-state index < -0.39 is 0 Å². The molecule has 0 aliphatic rings. The van der Waals surface area contributed by atoms with Crippen molar-refractivity contribution in [3.05, 3.63) is 51.2 Å². The lowest BCUT2D eigenvalue weighted by Gasteiger charge is -2.20. The van der Waals surface area contributed by atoms with Crippen LogP contribution in [-0.2, 0) is 5.41 Å². The van der Waals surface area contributed by atoms with Gasteiger partial charge in [0.1, 0.15) is 0 Å². The number of hydrogen-bond acceptors (Lipinski definition) is 2. The van der Waals surface area contributed by atoms with Crippen molar-refractivity contribution in [3.63, 3.8) is 0 Å². The van der Waals surface area contributed by atoms with Crippen LogP contribution in [0.25, 0.3) is 0 Å². The van der Waals surface area contributed by atoms with Gasteiger partial charge in [-0.3, -0.25) is 0 Å². The fraction of sp³-hybridized carbons (Fsp3) is 0.375. The summed E-state index contributed by atoms with van der Waals surface area (Å²) < 4.78 is 0.840. The van der Waals surface area contributed by atoms with E-state index in [0.717, 1.165) is 10.0 Å². The summed E-state index contributed by atoms with van der Waals surface area (Å²) in [5.74, 6) is 0. The maximum atomic E-state index is 5.97. The number of nitrogens with one attached hydrogen (secondary N) is 1. The molecule has 0 saturated carbocycles. The van der Waals surface area contributed by atoms with E-state index in [4.69, 9.17) is 11.6 Å². The van der Waals surface area contributed by atoms with Crippen LogP contribution >= 0.6 is 22.9 Å². The summed E-state index contributed by atoms with van der Waals surface area (Å²) in [6.45, 7) is 8.84. The van der Waals surface area contributed by atoms with Gasteiger partial charge in [-0.25, -0.2) is 0 Å². The van der Waals surface area contributed by atoms with E-state index in [0.29, 0.717) is 0 Å². The van der Waals surface area contributed by atoms with E-state index in [2.05, 4.69) is 63.3 Å². The molecule has 0 aliphatic heterocycles. The van der Waals surface area contributed by atoms with Gasteiger partial charge in [0.15, 0.2) is 0 Å². The first-order valence-electron chi connectivity index (χ1n) is 6.48. The number of rotatable bonds is 3. The van der Waals surface area contributed by atoms with E-state index in [9.17, 15) is 0 Å². The predicted octanol–water partition coefficient (Wildman–Crippen LogP) is 5.87. The van der Waals surface area contributed by atoms with Crippen molar-refractivity contribution in [2.45, 2.75) is 39.2 Å². The first-order chi connectivity index (χ1) is 8.86. The zero-order valence-corrected chi connectivity index (χ0v) is 13.4. The lowest BCUT2D eigenvalue weighted by atomic mass is 9.87. The van der Waals surface area contributed by atoms with Gasteiger partial charge in [-0.2, -0.15) is 0 Å². The molecule has 102 valence electrons. The maximum absolute atomic E-state index is 5.97. The number of benzene rings is 1. The van der Waals surface area contributed by atoms with Crippen molar-refractivity contribution in [2.75, 3.05) is 5.32 Å². The molecule has 0 bridgehead atoms. The maximum Gasteiger partial charge on any atom is 0.0932 e. The minimum absolute atomic E-state index is 0.200. The Balaban J connectivity index is 2.07. The highest BCUT2D eigenvalue weighted by Gasteiger charge is 2.13. The Kier molecular flexibility index (Phi) is 4.22. The van der Waals surface area contributed by atoms with E-state index in [1.54, 1.807) is 11.3 Å². The minimum Gasteiger partial charge on any atom is -0.378 e. The summed E-state index contributed by atoms with van der Waals surface area (Å²) in [4.78, 5) is 1.25. The molecule has 0 saturated heterocycles. The van der Waals surface area contributed by atoms with Crippen LogP contribution in [0.5, 0.6) is 0 Å². The summed E-state index contributed by atoms with van der Waals surface area (Å²) in [6, 6.07) is 13.0. The van der Waals surface area contributed by atoms with E-state index in [1.807, 2.05) is 6.07 Å². The average molecular weight is 294 g/mol. The molecule has 1 heterocycles. The zero-order chi connectivity index (χ0) is 14.0. The van der Waals surface area contributed by atoms with Gasteiger partial charge in [-0.05, 0) is 42.2 Å². The van der Waals surface area contributed by atoms with Crippen LogP contribution in [0.4, 0.5) is 5.69 Å². The smallest absolute Gasteiger partial charge is 0.0932 e. The third kappa shape index (κ3) is 3.74. The van der Waals surface area contributed by atoms with Gasteiger partial charge in [0.05, 0.1) is 10.4 Å². The van der Waals surface area contributed by atoms with Crippen LogP contribution in [0.3, 0.4) is 0 Å². The van der Waals surface area contributed by atoms with Crippen LogP contribution < -0.4 is 5.32 Å². The van der Waals surface area contributed by atoms with E-state index in [1.165, 1.54) is 10.4 Å². The fourth-order valence-electron chi connectivity index (χ4n) is 1.95. The van der Waals surface area contributed by atoms with Crippen molar-refractivity contribution in [2.24, 2.45) is 0 Å².